The lowest BCUT2D eigenvalue weighted by Crippen LogP contribution is -2.28. The Morgan fingerprint density at radius 1 is 1.12 bits per heavy atom. The molecule has 2 aromatic rings. The minimum Gasteiger partial charge on any atom is -0.465 e. The number of benzene rings is 2. The zero-order valence-electron chi connectivity index (χ0n) is 14.7. The third-order valence-corrected chi connectivity index (χ3v) is 4.14. The van der Waals surface area contributed by atoms with Crippen LogP contribution in [0.2, 0.25) is 5.02 Å². The van der Waals surface area contributed by atoms with Gasteiger partial charge in [0.1, 0.15) is 0 Å². The van der Waals surface area contributed by atoms with Crippen LogP contribution in [0.1, 0.15) is 29.3 Å². The second-order valence-corrected chi connectivity index (χ2v) is 6.13. The molecule has 0 aliphatic rings. The summed E-state index contributed by atoms with van der Waals surface area (Å²) in [5.41, 5.74) is 1.53. The molecular weight excluding hydrogens is 350 g/mol. The summed E-state index contributed by atoms with van der Waals surface area (Å²) in [5, 5.41) is 0.310. The van der Waals surface area contributed by atoms with E-state index in [1.165, 1.54) is 11.8 Å². The molecule has 26 heavy (non-hydrogen) atoms. The molecule has 2 rings (SSSR count). The number of carbonyl (C=O) groups excluding carboxylic acids is 2. The number of ketones is 1. The number of hydrogen-bond donors (Lipinski definition) is 0. The number of aryl methyl sites for hydroxylation is 1. The van der Waals surface area contributed by atoms with Crippen molar-refractivity contribution in [1.29, 1.82) is 0 Å². The molecule has 0 heterocycles. The molecule has 0 aromatic heterocycles. The first-order valence-electron chi connectivity index (χ1n) is 8.62. The summed E-state index contributed by atoms with van der Waals surface area (Å²) >= 11 is 6.08. The Balaban J connectivity index is 2.01. The molecule has 0 fully saturated rings. The van der Waals surface area contributed by atoms with Crippen LogP contribution in [0.15, 0.2) is 59.6 Å². The predicted octanol–water partition coefficient (Wildman–Crippen LogP) is 4.41. The minimum absolute atomic E-state index is 0.201. The van der Waals surface area contributed by atoms with Crippen LogP contribution >= 0.6 is 11.6 Å². The number of aliphatic imine (C=N–C) groups is 1. The van der Waals surface area contributed by atoms with Crippen molar-refractivity contribution < 1.29 is 14.3 Å². The van der Waals surface area contributed by atoms with Gasteiger partial charge in [0.15, 0.2) is 11.7 Å². The monoisotopic (exact) mass is 371 g/mol. The lowest BCUT2D eigenvalue weighted by atomic mass is 9.98. The van der Waals surface area contributed by atoms with Gasteiger partial charge < -0.3 is 4.74 Å². The molecule has 5 heteroatoms. The smallest absolute Gasteiger partial charge is 0.322 e. The van der Waals surface area contributed by atoms with Gasteiger partial charge in [-0.2, -0.15) is 0 Å². The first kappa shape index (κ1) is 19.9. The van der Waals surface area contributed by atoms with E-state index < -0.39 is 17.7 Å². The van der Waals surface area contributed by atoms with Crippen molar-refractivity contribution in [2.75, 3.05) is 13.2 Å². The van der Waals surface area contributed by atoms with Crippen LogP contribution in [0.3, 0.4) is 0 Å². The van der Waals surface area contributed by atoms with E-state index in [1.54, 1.807) is 31.2 Å². The Hall–Kier alpha value is -2.46. The van der Waals surface area contributed by atoms with E-state index in [0.29, 0.717) is 17.1 Å². The quantitative estimate of drug-likeness (QED) is 0.216. The summed E-state index contributed by atoms with van der Waals surface area (Å²) < 4.78 is 5.02. The molecule has 0 amide bonds. The SMILES string of the molecule is CCOC(=O)C(C=NCCCc1ccccc1)C(=O)c1ccccc1Cl. The van der Waals surface area contributed by atoms with E-state index in [2.05, 4.69) is 17.1 Å². The van der Waals surface area contributed by atoms with E-state index in [-0.39, 0.29) is 6.61 Å². The third-order valence-electron chi connectivity index (χ3n) is 3.81. The van der Waals surface area contributed by atoms with Crippen molar-refractivity contribution in [3.8, 4) is 0 Å². The zero-order valence-corrected chi connectivity index (χ0v) is 15.5. The molecule has 0 aliphatic heterocycles. The van der Waals surface area contributed by atoms with Gasteiger partial charge in [0, 0.05) is 18.3 Å². The van der Waals surface area contributed by atoms with Gasteiger partial charge in [-0.05, 0) is 37.5 Å². The standard InChI is InChI=1S/C21H22ClNO3/c1-2-26-21(25)18(20(24)17-12-6-7-13-19(17)22)15-23-14-8-11-16-9-4-3-5-10-16/h3-7,9-10,12-13,15,18H,2,8,11,14H2,1H3. The average Bonchev–Trinajstić information content (AvgIpc) is 2.65. The molecule has 0 radical (unpaired) electrons. The van der Waals surface area contributed by atoms with Gasteiger partial charge >= 0.3 is 5.97 Å². The highest BCUT2D eigenvalue weighted by molar-refractivity contribution is 6.35. The molecule has 0 saturated carbocycles. The molecule has 0 saturated heterocycles. The Bertz CT molecular complexity index is 759. The first-order valence-corrected chi connectivity index (χ1v) is 9.00. The summed E-state index contributed by atoms with van der Waals surface area (Å²) in [6, 6.07) is 16.8. The number of nitrogens with zero attached hydrogens (tertiary/aromatic N) is 1. The fourth-order valence-electron chi connectivity index (χ4n) is 2.50. The highest BCUT2D eigenvalue weighted by Gasteiger charge is 2.28. The van der Waals surface area contributed by atoms with Gasteiger partial charge in [-0.3, -0.25) is 14.6 Å². The minimum atomic E-state index is -1.08. The van der Waals surface area contributed by atoms with E-state index in [0.717, 1.165) is 12.8 Å². The fraction of sp³-hybridized carbons (Fsp3) is 0.286. The third kappa shape index (κ3) is 5.81. The maximum absolute atomic E-state index is 12.7. The number of halogens is 1. The molecule has 136 valence electrons. The van der Waals surface area contributed by atoms with Crippen molar-refractivity contribution in [3.05, 3.63) is 70.7 Å². The number of Topliss-reactive ketones (excluding diaryl/α,β-unsaturated/α-hetero) is 1. The zero-order chi connectivity index (χ0) is 18.8. The van der Waals surface area contributed by atoms with E-state index >= 15 is 0 Å². The van der Waals surface area contributed by atoms with E-state index in [4.69, 9.17) is 16.3 Å². The summed E-state index contributed by atoms with van der Waals surface area (Å²) in [6.07, 6.45) is 3.10. The number of hydrogen-bond acceptors (Lipinski definition) is 4. The van der Waals surface area contributed by atoms with Crippen molar-refractivity contribution in [2.24, 2.45) is 10.9 Å². The highest BCUT2D eigenvalue weighted by atomic mass is 35.5. The van der Waals surface area contributed by atoms with E-state index in [1.807, 2.05) is 18.2 Å². The van der Waals surface area contributed by atoms with Crippen molar-refractivity contribution in [2.45, 2.75) is 19.8 Å². The topological polar surface area (TPSA) is 55.7 Å². The van der Waals surface area contributed by atoms with Gasteiger partial charge in [0.25, 0.3) is 0 Å². The molecule has 4 nitrogen and oxygen atoms in total. The summed E-state index contributed by atoms with van der Waals surface area (Å²) in [6.45, 7) is 2.43. The number of rotatable bonds is 9. The van der Waals surface area contributed by atoms with Gasteiger partial charge in [-0.25, -0.2) is 0 Å². The van der Waals surface area contributed by atoms with Gasteiger partial charge in [-0.1, -0.05) is 54.1 Å². The number of carbonyl (C=O) groups is 2. The largest absolute Gasteiger partial charge is 0.465 e. The molecular formula is C21H22ClNO3. The van der Waals surface area contributed by atoms with Gasteiger partial charge in [0.2, 0.25) is 0 Å². The summed E-state index contributed by atoms with van der Waals surface area (Å²) in [7, 11) is 0. The molecule has 1 atom stereocenters. The Kier molecular flexibility index (Phi) is 8.03. The van der Waals surface area contributed by atoms with Crippen LogP contribution in [0.4, 0.5) is 0 Å². The summed E-state index contributed by atoms with van der Waals surface area (Å²) in [5.74, 6) is -2.09. The number of esters is 1. The van der Waals surface area contributed by atoms with Crippen molar-refractivity contribution >= 4 is 29.6 Å². The Labute approximate surface area is 158 Å². The maximum Gasteiger partial charge on any atom is 0.322 e. The van der Waals surface area contributed by atoms with Crippen LogP contribution in [0, 0.1) is 5.92 Å². The Morgan fingerprint density at radius 3 is 2.50 bits per heavy atom. The van der Waals surface area contributed by atoms with Gasteiger partial charge in [0.05, 0.1) is 11.6 Å². The molecule has 1 unspecified atom stereocenters. The van der Waals surface area contributed by atoms with Crippen LogP contribution in [0.25, 0.3) is 0 Å². The predicted molar refractivity (Wildman–Crippen MR) is 104 cm³/mol. The second-order valence-electron chi connectivity index (χ2n) is 5.72. The molecule has 0 spiro atoms. The van der Waals surface area contributed by atoms with E-state index in [9.17, 15) is 9.59 Å². The molecule has 0 N–H and O–H groups in total. The van der Waals surface area contributed by atoms with Gasteiger partial charge in [-0.15, -0.1) is 0 Å². The average molecular weight is 372 g/mol. The highest BCUT2D eigenvalue weighted by Crippen LogP contribution is 2.19. The fourth-order valence-corrected chi connectivity index (χ4v) is 2.72. The first-order chi connectivity index (χ1) is 12.6. The normalized spacial score (nSPS) is 12.1. The molecule has 0 aliphatic carbocycles. The van der Waals surface area contributed by atoms with Crippen LogP contribution in [-0.2, 0) is 16.0 Å². The van der Waals surface area contributed by atoms with Crippen molar-refractivity contribution in [3.63, 3.8) is 0 Å². The summed E-state index contributed by atoms with van der Waals surface area (Å²) in [4.78, 5) is 29.1. The van der Waals surface area contributed by atoms with Crippen LogP contribution in [-0.4, -0.2) is 31.1 Å². The second kappa shape index (κ2) is 10.5. The lowest BCUT2D eigenvalue weighted by Gasteiger charge is -2.11. The molecule has 2 aromatic carbocycles. The molecule has 0 bridgehead atoms. The maximum atomic E-state index is 12.7. The number of ether oxygens (including phenoxy) is 1. The Morgan fingerprint density at radius 2 is 1.81 bits per heavy atom. The van der Waals surface area contributed by atoms with Crippen LogP contribution in [0.5, 0.6) is 0 Å². The van der Waals surface area contributed by atoms with Crippen LogP contribution < -0.4 is 0 Å². The lowest BCUT2D eigenvalue weighted by molar-refractivity contribution is -0.143. The van der Waals surface area contributed by atoms with Crippen molar-refractivity contribution in [1.82, 2.24) is 0 Å².